The van der Waals surface area contributed by atoms with E-state index in [1.807, 2.05) is 4.90 Å². The average Bonchev–Trinajstić information content (AvgIpc) is 3.16. The predicted molar refractivity (Wildman–Crippen MR) is 84.8 cm³/mol. The van der Waals surface area contributed by atoms with Crippen LogP contribution in [0.1, 0.15) is 32.1 Å². The summed E-state index contributed by atoms with van der Waals surface area (Å²) in [5.74, 6) is -0.0152. The molecule has 1 aromatic heterocycles. The molecule has 2 heterocycles. The zero-order chi connectivity index (χ0) is 16.3. The Balaban J connectivity index is 1.46. The summed E-state index contributed by atoms with van der Waals surface area (Å²) >= 11 is 0. The molecule has 23 heavy (non-hydrogen) atoms. The van der Waals surface area contributed by atoms with Crippen molar-refractivity contribution < 1.29 is 14.3 Å². The molecule has 1 atom stereocenters. The van der Waals surface area contributed by atoms with Gasteiger partial charge in [0.25, 0.3) is 0 Å². The van der Waals surface area contributed by atoms with Gasteiger partial charge in [0.05, 0.1) is 5.60 Å². The van der Waals surface area contributed by atoms with E-state index in [1.165, 1.54) is 6.07 Å². The van der Waals surface area contributed by atoms with Crippen molar-refractivity contribution in [2.24, 2.45) is 0 Å². The van der Waals surface area contributed by atoms with E-state index < -0.39 is 5.60 Å². The van der Waals surface area contributed by atoms with Crippen molar-refractivity contribution in [2.75, 3.05) is 24.5 Å². The molecule has 1 saturated heterocycles. The number of hydrogen-bond donors (Lipinski definition) is 3. The molecule has 2 amide bonds. The number of nitrogens with one attached hydrogen (secondary N) is 2. The topological polar surface area (TPSA) is 77.5 Å². The van der Waals surface area contributed by atoms with Crippen LogP contribution in [-0.4, -0.2) is 47.4 Å². The number of halogens is 1. The molecule has 2 fully saturated rings. The number of carbonyl (C=O) groups excluding carboxylic acids is 1. The highest BCUT2D eigenvalue weighted by Crippen LogP contribution is 2.28. The molecular weight excluding hydrogens is 299 g/mol. The molecule has 6 nitrogen and oxygen atoms in total. The van der Waals surface area contributed by atoms with Gasteiger partial charge >= 0.3 is 6.03 Å². The lowest BCUT2D eigenvalue weighted by Gasteiger charge is -2.23. The van der Waals surface area contributed by atoms with Gasteiger partial charge < -0.3 is 20.6 Å². The van der Waals surface area contributed by atoms with Crippen molar-refractivity contribution in [3.05, 3.63) is 24.1 Å². The Hall–Kier alpha value is -1.89. The molecule has 0 aromatic carbocycles. The normalized spacial score (nSPS) is 23.0. The van der Waals surface area contributed by atoms with Crippen LogP contribution in [0.15, 0.2) is 18.3 Å². The van der Waals surface area contributed by atoms with E-state index >= 15 is 0 Å². The summed E-state index contributed by atoms with van der Waals surface area (Å²) in [5.41, 5.74) is -0.754. The Morgan fingerprint density at radius 2 is 2.26 bits per heavy atom. The minimum absolute atomic E-state index is 0.0466. The van der Waals surface area contributed by atoms with Crippen LogP contribution in [0.2, 0.25) is 0 Å². The van der Waals surface area contributed by atoms with Gasteiger partial charge in [-0.25, -0.2) is 14.2 Å². The van der Waals surface area contributed by atoms with Crippen LogP contribution < -0.4 is 15.5 Å². The number of pyridine rings is 1. The van der Waals surface area contributed by atoms with Crippen LogP contribution in [0.25, 0.3) is 0 Å². The highest BCUT2D eigenvalue weighted by atomic mass is 19.1. The van der Waals surface area contributed by atoms with E-state index in [1.54, 1.807) is 12.3 Å². The molecule has 3 rings (SSSR count). The molecule has 1 unspecified atom stereocenters. The minimum atomic E-state index is -0.754. The summed E-state index contributed by atoms with van der Waals surface area (Å²) in [5, 5.41) is 15.9. The van der Waals surface area contributed by atoms with Crippen LogP contribution in [0.4, 0.5) is 15.0 Å². The zero-order valence-corrected chi connectivity index (χ0v) is 13.1. The first-order valence-electron chi connectivity index (χ1n) is 8.18. The van der Waals surface area contributed by atoms with E-state index in [2.05, 4.69) is 15.6 Å². The first kappa shape index (κ1) is 16.0. The molecule has 1 aromatic rings. The number of hydrogen-bond acceptors (Lipinski definition) is 4. The van der Waals surface area contributed by atoms with Gasteiger partial charge in [-0.15, -0.1) is 0 Å². The van der Waals surface area contributed by atoms with Crippen LogP contribution in [-0.2, 0) is 0 Å². The number of amides is 2. The highest BCUT2D eigenvalue weighted by Gasteiger charge is 2.32. The SMILES string of the molecule is O=C(NCC1(O)CCCC1)NC1CCN(c2ncccc2F)C1. The van der Waals surface area contributed by atoms with Gasteiger partial charge in [-0.3, -0.25) is 0 Å². The van der Waals surface area contributed by atoms with E-state index in [0.717, 1.165) is 32.1 Å². The lowest BCUT2D eigenvalue weighted by Crippen LogP contribution is -2.48. The summed E-state index contributed by atoms with van der Waals surface area (Å²) in [7, 11) is 0. The number of aromatic nitrogens is 1. The smallest absolute Gasteiger partial charge is 0.315 e. The minimum Gasteiger partial charge on any atom is -0.388 e. The maximum Gasteiger partial charge on any atom is 0.315 e. The van der Waals surface area contributed by atoms with Gasteiger partial charge in [0.15, 0.2) is 11.6 Å². The summed E-state index contributed by atoms with van der Waals surface area (Å²) in [6.07, 6.45) is 5.80. The number of urea groups is 1. The number of rotatable bonds is 4. The summed E-state index contributed by atoms with van der Waals surface area (Å²) in [4.78, 5) is 17.9. The van der Waals surface area contributed by atoms with Crippen LogP contribution in [0.5, 0.6) is 0 Å². The summed E-state index contributed by atoms with van der Waals surface area (Å²) in [6, 6.07) is 2.62. The fourth-order valence-corrected chi connectivity index (χ4v) is 3.37. The van der Waals surface area contributed by atoms with Gasteiger partial charge in [-0.2, -0.15) is 0 Å². The molecule has 1 aliphatic carbocycles. The second kappa shape index (κ2) is 6.70. The average molecular weight is 322 g/mol. The highest BCUT2D eigenvalue weighted by molar-refractivity contribution is 5.74. The Labute approximate surface area is 135 Å². The van der Waals surface area contributed by atoms with Crippen molar-refractivity contribution in [1.29, 1.82) is 0 Å². The Kier molecular flexibility index (Phi) is 4.66. The third kappa shape index (κ3) is 3.90. The van der Waals surface area contributed by atoms with E-state index in [0.29, 0.717) is 18.9 Å². The molecule has 7 heteroatoms. The molecule has 0 spiro atoms. The second-order valence-electron chi connectivity index (χ2n) is 6.50. The van der Waals surface area contributed by atoms with Crippen molar-refractivity contribution in [3.63, 3.8) is 0 Å². The van der Waals surface area contributed by atoms with Gasteiger partial charge in [0.2, 0.25) is 0 Å². The summed E-state index contributed by atoms with van der Waals surface area (Å²) < 4.78 is 13.7. The largest absolute Gasteiger partial charge is 0.388 e. The van der Waals surface area contributed by atoms with Crippen LogP contribution in [0, 0.1) is 5.82 Å². The van der Waals surface area contributed by atoms with Gasteiger partial charge in [-0.1, -0.05) is 12.8 Å². The monoisotopic (exact) mass is 322 g/mol. The molecule has 1 aliphatic heterocycles. The first-order chi connectivity index (χ1) is 11.1. The van der Waals surface area contributed by atoms with Crippen molar-refractivity contribution in [3.8, 4) is 0 Å². The van der Waals surface area contributed by atoms with Crippen molar-refractivity contribution in [2.45, 2.75) is 43.7 Å². The standard InChI is InChI=1S/C16H23FN4O2/c17-13-4-3-8-18-14(13)21-9-5-12(10-21)20-15(22)19-11-16(23)6-1-2-7-16/h3-4,8,12,23H,1-2,5-7,9-11H2,(H2,19,20,22). The quantitative estimate of drug-likeness (QED) is 0.783. The van der Waals surface area contributed by atoms with Crippen molar-refractivity contribution in [1.82, 2.24) is 15.6 Å². The van der Waals surface area contributed by atoms with Gasteiger partial charge in [0, 0.05) is 31.9 Å². The van der Waals surface area contributed by atoms with E-state index in [9.17, 15) is 14.3 Å². The molecule has 3 N–H and O–H groups in total. The maximum atomic E-state index is 13.7. The third-order valence-electron chi connectivity index (χ3n) is 4.67. The molecule has 1 saturated carbocycles. The van der Waals surface area contributed by atoms with Crippen LogP contribution >= 0.6 is 0 Å². The van der Waals surface area contributed by atoms with Gasteiger partial charge in [0.1, 0.15) is 0 Å². The molecule has 126 valence electrons. The number of anilines is 1. The Morgan fingerprint density at radius 1 is 1.48 bits per heavy atom. The molecule has 0 radical (unpaired) electrons. The van der Waals surface area contributed by atoms with E-state index in [-0.39, 0.29) is 24.4 Å². The zero-order valence-electron chi connectivity index (χ0n) is 13.1. The van der Waals surface area contributed by atoms with Gasteiger partial charge in [-0.05, 0) is 31.4 Å². The fourth-order valence-electron chi connectivity index (χ4n) is 3.37. The number of carbonyl (C=O) groups is 1. The summed E-state index contributed by atoms with van der Waals surface area (Å²) in [6.45, 7) is 1.47. The Bertz CT molecular complexity index is 563. The number of nitrogens with zero attached hydrogens (tertiary/aromatic N) is 2. The lowest BCUT2D eigenvalue weighted by atomic mass is 10.0. The molecular formula is C16H23FN4O2. The van der Waals surface area contributed by atoms with E-state index in [4.69, 9.17) is 0 Å². The Morgan fingerprint density at radius 3 is 3.00 bits per heavy atom. The second-order valence-corrected chi connectivity index (χ2v) is 6.50. The maximum absolute atomic E-state index is 13.7. The molecule has 2 aliphatic rings. The third-order valence-corrected chi connectivity index (χ3v) is 4.67. The van der Waals surface area contributed by atoms with Crippen molar-refractivity contribution >= 4 is 11.8 Å². The first-order valence-corrected chi connectivity index (χ1v) is 8.18. The number of aliphatic hydroxyl groups is 1. The fraction of sp³-hybridized carbons (Fsp3) is 0.625. The predicted octanol–water partition coefficient (Wildman–Crippen LogP) is 1.40. The lowest BCUT2D eigenvalue weighted by molar-refractivity contribution is 0.0500. The molecule has 0 bridgehead atoms. The van der Waals surface area contributed by atoms with Crippen LogP contribution in [0.3, 0.4) is 0 Å².